The van der Waals surface area contributed by atoms with Crippen molar-refractivity contribution in [2.45, 2.75) is 46.3 Å². The molecule has 0 spiro atoms. The summed E-state index contributed by atoms with van der Waals surface area (Å²) < 4.78 is 19.0. The lowest BCUT2D eigenvalue weighted by Gasteiger charge is -2.37. The molecule has 1 aromatic carbocycles. The van der Waals surface area contributed by atoms with Gasteiger partial charge in [0.2, 0.25) is 0 Å². The summed E-state index contributed by atoms with van der Waals surface area (Å²) in [5, 5.41) is 3.77. The summed E-state index contributed by atoms with van der Waals surface area (Å²) in [5.41, 5.74) is 0.942. The number of rotatable bonds is 6. The first-order chi connectivity index (χ1) is 9.29. The third kappa shape index (κ3) is 4.72. The van der Waals surface area contributed by atoms with Crippen molar-refractivity contribution in [2.24, 2.45) is 5.41 Å². The van der Waals surface area contributed by atoms with Crippen molar-refractivity contribution in [1.82, 2.24) is 5.32 Å². The highest BCUT2D eigenvalue weighted by molar-refractivity contribution is 6.31. The second-order valence-electron chi connectivity index (χ2n) is 6.08. The van der Waals surface area contributed by atoms with E-state index < -0.39 is 0 Å². The molecule has 0 saturated carbocycles. The summed E-state index contributed by atoms with van der Waals surface area (Å²) in [6, 6.07) is 4.67. The topological polar surface area (TPSA) is 21.3 Å². The molecule has 1 rings (SSSR count). The Bertz CT molecular complexity index is 431. The van der Waals surface area contributed by atoms with Crippen molar-refractivity contribution in [3.8, 4) is 0 Å². The van der Waals surface area contributed by atoms with Gasteiger partial charge in [-0.2, -0.15) is 0 Å². The first-order valence-corrected chi connectivity index (χ1v) is 7.40. The van der Waals surface area contributed by atoms with Gasteiger partial charge in [0, 0.05) is 17.7 Å². The quantitative estimate of drug-likeness (QED) is 0.855. The number of ether oxygens (including phenoxy) is 1. The molecule has 0 aromatic heterocycles. The van der Waals surface area contributed by atoms with Crippen LogP contribution < -0.4 is 5.32 Å². The lowest BCUT2D eigenvalue weighted by molar-refractivity contribution is -0.0340. The van der Waals surface area contributed by atoms with Gasteiger partial charge in [0.05, 0.1) is 6.10 Å². The van der Waals surface area contributed by atoms with E-state index in [1.807, 2.05) is 14.0 Å². The number of halogens is 2. The molecular weight excluding hydrogens is 277 g/mol. The highest BCUT2D eigenvalue weighted by Crippen LogP contribution is 2.28. The van der Waals surface area contributed by atoms with Crippen molar-refractivity contribution in [3.63, 3.8) is 0 Å². The standard InChI is InChI=1S/C16H25ClFNO/c1-6-20-15(16(2,3)4)14(19-5)9-11-7-8-12(18)10-13(11)17/h7-8,10,14-15,19H,6,9H2,1-5H3. The van der Waals surface area contributed by atoms with Gasteiger partial charge in [-0.25, -0.2) is 4.39 Å². The van der Waals surface area contributed by atoms with Gasteiger partial charge in [0.1, 0.15) is 5.82 Å². The molecular formula is C16H25ClFNO. The van der Waals surface area contributed by atoms with E-state index in [9.17, 15) is 4.39 Å². The normalized spacial score (nSPS) is 15.2. The molecule has 0 heterocycles. The average Bonchev–Trinajstić information content (AvgIpc) is 2.34. The fourth-order valence-corrected chi connectivity index (χ4v) is 2.68. The predicted molar refractivity (Wildman–Crippen MR) is 82.8 cm³/mol. The summed E-state index contributed by atoms with van der Waals surface area (Å²) in [6.45, 7) is 9.13. The molecule has 0 aliphatic rings. The molecule has 2 nitrogen and oxygen atoms in total. The summed E-state index contributed by atoms with van der Waals surface area (Å²) in [5.74, 6) is -0.308. The molecule has 20 heavy (non-hydrogen) atoms. The van der Waals surface area contributed by atoms with E-state index in [0.717, 1.165) is 5.56 Å². The highest BCUT2D eigenvalue weighted by atomic mass is 35.5. The van der Waals surface area contributed by atoms with Crippen LogP contribution in [0.2, 0.25) is 5.02 Å². The number of likely N-dealkylation sites (N-methyl/N-ethyl adjacent to an activating group) is 1. The van der Waals surface area contributed by atoms with E-state index in [2.05, 4.69) is 26.1 Å². The molecule has 4 heteroatoms. The van der Waals surface area contributed by atoms with Gasteiger partial charge >= 0.3 is 0 Å². The minimum Gasteiger partial charge on any atom is -0.376 e. The van der Waals surface area contributed by atoms with E-state index in [0.29, 0.717) is 18.1 Å². The van der Waals surface area contributed by atoms with Gasteiger partial charge < -0.3 is 10.1 Å². The molecule has 0 saturated heterocycles. The Kier molecular flexibility index (Phi) is 6.44. The number of benzene rings is 1. The Morgan fingerprint density at radius 2 is 2.00 bits per heavy atom. The molecule has 1 aromatic rings. The van der Waals surface area contributed by atoms with Crippen LogP contribution in [0.15, 0.2) is 18.2 Å². The maximum Gasteiger partial charge on any atom is 0.124 e. The van der Waals surface area contributed by atoms with Crippen LogP contribution in [-0.2, 0) is 11.2 Å². The van der Waals surface area contributed by atoms with Crippen LogP contribution in [0.3, 0.4) is 0 Å². The Morgan fingerprint density at radius 1 is 1.35 bits per heavy atom. The van der Waals surface area contributed by atoms with E-state index in [-0.39, 0.29) is 23.4 Å². The highest BCUT2D eigenvalue weighted by Gasteiger charge is 2.32. The fraction of sp³-hybridized carbons (Fsp3) is 0.625. The molecule has 0 amide bonds. The van der Waals surface area contributed by atoms with Crippen molar-refractivity contribution in [2.75, 3.05) is 13.7 Å². The summed E-state index contributed by atoms with van der Waals surface area (Å²) in [7, 11) is 1.92. The van der Waals surface area contributed by atoms with Crippen LogP contribution >= 0.6 is 11.6 Å². The van der Waals surface area contributed by atoms with Gasteiger partial charge in [-0.3, -0.25) is 0 Å². The molecule has 114 valence electrons. The smallest absolute Gasteiger partial charge is 0.124 e. The SMILES string of the molecule is CCOC(C(Cc1ccc(F)cc1Cl)NC)C(C)(C)C. The Morgan fingerprint density at radius 3 is 2.45 bits per heavy atom. The Balaban J connectivity index is 2.94. The number of nitrogens with one attached hydrogen (secondary N) is 1. The minimum atomic E-state index is -0.308. The van der Waals surface area contributed by atoms with Crippen LogP contribution in [0.4, 0.5) is 4.39 Å². The minimum absolute atomic E-state index is 0.0101. The maximum absolute atomic E-state index is 13.1. The van der Waals surface area contributed by atoms with Crippen molar-refractivity contribution in [3.05, 3.63) is 34.6 Å². The average molecular weight is 302 g/mol. The zero-order valence-electron chi connectivity index (χ0n) is 13.0. The van der Waals surface area contributed by atoms with E-state index in [4.69, 9.17) is 16.3 Å². The largest absolute Gasteiger partial charge is 0.376 e. The first-order valence-electron chi connectivity index (χ1n) is 7.02. The zero-order chi connectivity index (χ0) is 15.3. The second kappa shape index (κ2) is 7.39. The van der Waals surface area contributed by atoms with Gasteiger partial charge in [0.15, 0.2) is 0 Å². The molecule has 2 unspecified atom stereocenters. The molecule has 0 aliphatic heterocycles. The number of hydrogen-bond donors (Lipinski definition) is 1. The summed E-state index contributed by atoms with van der Waals surface area (Å²) in [4.78, 5) is 0. The van der Waals surface area contributed by atoms with Crippen LogP contribution in [0.25, 0.3) is 0 Å². The van der Waals surface area contributed by atoms with Gasteiger partial charge in [-0.15, -0.1) is 0 Å². The lowest BCUT2D eigenvalue weighted by atomic mass is 9.82. The molecule has 0 bridgehead atoms. The van der Waals surface area contributed by atoms with Crippen molar-refractivity contribution in [1.29, 1.82) is 0 Å². The molecule has 1 N–H and O–H groups in total. The zero-order valence-corrected chi connectivity index (χ0v) is 13.7. The van der Waals surface area contributed by atoms with E-state index in [1.54, 1.807) is 6.07 Å². The molecule has 0 radical (unpaired) electrons. The van der Waals surface area contributed by atoms with Gasteiger partial charge in [-0.05, 0) is 43.5 Å². The third-order valence-corrected chi connectivity index (χ3v) is 3.74. The van der Waals surface area contributed by atoms with Crippen LogP contribution in [0.5, 0.6) is 0 Å². The van der Waals surface area contributed by atoms with Crippen LogP contribution in [0, 0.1) is 11.2 Å². The van der Waals surface area contributed by atoms with E-state index in [1.165, 1.54) is 12.1 Å². The van der Waals surface area contributed by atoms with Crippen molar-refractivity contribution >= 4 is 11.6 Å². The second-order valence-corrected chi connectivity index (χ2v) is 6.48. The monoisotopic (exact) mass is 301 g/mol. The summed E-state index contributed by atoms with van der Waals surface area (Å²) in [6.07, 6.45) is 0.760. The predicted octanol–water partition coefficient (Wildman–Crippen LogP) is 4.06. The van der Waals surface area contributed by atoms with Gasteiger partial charge in [-0.1, -0.05) is 38.4 Å². The Labute approximate surface area is 126 Å². The van der Waals surface area contributed by atoms with Gasteiger partial charge in [0.25, 0.3) is 0 Å². The Hall–Kier alpha value is -0.640. The summed E-state index contributed by atoms with van der Waals surface area (Å²) >= 11 is 6.12. The lowest BCUT2D eigenvalue weighted by Crippen LogP contribution is -2.48. The molecule has 0 aliphatic carbocycles. The number of hydrogen-bond acceptors (Lipinski definition) is 2. The van der Waals surface area contributed by atoms with Crippen molar-refractivity contribution < 1.29 is 9.13 Å². The fourth-order valence-electron chi connectivity index (χ4n) is 2.43. The first kappa shape index (κ1) is 17.4. The van der Waals surface area contributed by atoms with E-state index >= 15 is 0 Å². The third-order valence-electron chi connectivity index (χ3n) is 3.39. The molecule has 0 fully saturated rings. The molecule has 2 atom stereocenters. The van der Waals surface area contributed by atoms with Crippen LogP contribution in [0.1, 0.15) is 33.3 Å². The maximum atomic E-state index is 13.1. The van der Waals surface area contributed by atoms with Crippen LogP contribution in [-0.4, -0.2) is 25.8 Å².